The summed E-state index contributed by atoms with van der Waals surface area (Å²) in [5.41, 5.74) is 0.455. The van der Waals surface area contributed by atoms with Gasteiger partial charge < -0.3 is 0 Å². The number of ketones is 1. The minimum Gasteiger partial charge on any atom is -0.294 e. The summed E-state index contributed by atoms with van der Waals surface area (Å²) in [4.78, 5) is 11.8. The zero-order valence-electron chi connectivity index (χ0n) is 9.43. The zero-order valence-corrected chi connectivity index (χ0v) is 11.0. The van der Waals surface area contributed by atoms with E-state index in [1.54, 1.807) is 6.07 Å². The van der Waals surface area contributed by atoms with Crippen molar-refractivity contribution in [2.45, 2.75) is 39.0 Å². The van der Waals surface area contributed by atoms with Gasteiger partial charge in [0.15, 0.2) is 5.78 Å². The average Bonchev–Trinajstić information content (AvgIpc) is 2.27. The quantitative estimate of drug-likeness (QED) is 0.545. The smallest absolute Gasteiger partial charge is 0.164 e. The Bertz CT molecular complexity index is 363. The fraction of sp³-hybridized carbons (Fsp3) is 0.462. The third-order valence-electron chi connectivity index (χ3n) is 2.49. The first-order valence-corrected chi connectivity index (χ1v) is 6.42. The Hall–Kier alpha value is -0.700. The normalized spacial score (nSPS) is 10.4. The molecule has 0 amide bonds. The first-order valence-electron chi connectivity index (χ1n) is 5.63. The molecule has 1 nitrogen and oxygen atoms in total. The van der Waals surface area contributed by atoms with E-state index in [0.29, 0.717) is 16.5 Å². The first-order chi connectivity index (χ1) is 7.65. The summed E-state index contributed by atoms with van der Waals surface area (Å²) in [5.74, 6) is -0.345. The summed E-state index contributed by atoms with van der Waals surface area (Å²) in [6, 6.07) is 4.22. The van der Waals surface area contributed by atoms with Crippen LogP contribution in [0.1, 0.15) is 49.4 Å². The van der Waals surface area contributed by atoms with E-state index in [-0.39, 0.29) is 11.6 Å². The molecule has 0 bridgehead atoms. The van der Waals surface area contributed by atoms with E-state index in [2.05, 4.69) is 22.9 Å². The van der Waals surface area contributed by atoms with Crippen molar-refractivity contribution >= 4 is 21.7 Å². The molecule has 0 radical (unpaired) electrons. The average molecular weight is 287 g/mol. The fourth-order valence-corrected chi connectivity index (χ4v) is 2.03. The molecule has 0 N–H and O–H groups in total. The Balaban J connectivity index is 2.55. The summed E-state index contributed by atoms with van der Waals surface area (Å²) in [7, 11) is 0. The number of hydrogen-bond acceptors (Lipinski definition) is 1. The molecule has 1 rings (SSSR count). The molecule has 0 aliphatic heterocycles. The van der Waals surface area contributed by atoms with Gasteiger partial charge in [0.2, 0.25) is 0 Å². The zero-order chi connectivity index (χ0) is 12.0. The van der Waals surface area contributed by atoms with Gasteiger partial charge in [0.1, 0.15) is 5.82 Å². The van der Waals surface area contributed by atoms with Crippen molar-refractivity contribution in [3.8, 4) is 0 Å². The van der Waals surface area contributed by atoms with Crippen LogP contribution in [-0.4, -0.2) is 5.78 Å². The van der Waals surface area contributed by atoms with Gasteiger partial charge in [-0.05, 0) is 24.6 Å². The van der Waals surface area contributed by atoms with Gasteiger partial charge in [0, 0.05) is 16.5 Å². The lowest BCUT2D eigenvalue weighted by Crippen LogP contribution is -2.00. The highest BCUT2D eigenvalue weighted by Crippen LogP contribution is 2.20. The second-order valence-electron chi connectivity index (χ2n) is 3.86. The van der Waals surface area contributed by atoms with E-state index >= 15 is 0 Å². The number of benzene rings is 1. The summed E-state index contributed by atoms with van der Waals surface area (Å²) in [6.45, 7) is 2.13. The number of carbonyl (C=O) groups excluding carboxylic acids is 1. The maximum atomic E-state index is 13.0. The van der Waals surface area contributed by atoms with E-state index in [4.69, 9.17) is 0 Å². The third kappa shape index (κ3) is 4.05. The Kier molecular flexibility index (Phi) is 5.67. The van der Waals surface area contributed by atoms with Crippen molar-refractivity contribution in [1.29, 1.82) is 0 Å². The molecule has 1 aromatic carbocycles. The van der Waals surface area contributed by atoms with Crippen LogP contribution in [0.15, 0.2) is 22.7 Å². The highest BCUT2D eigenvalue weighted by atomic mass is 79.9. The molecular weight excluding hydrogens is 271 g/mol. The largest absolute Gasteiger partial charge is 0.294 e. The Morgan fingerprint density at radius 2 is 2.06 bits per heavy atom. The van der Waals surface area contributed by atoms with E-state index in [0.717, 1.165) is 25.7 Å². The maximum Gasteiger partial charge on any atom is 0.164 e. The van der Waals surface area contributed by atoms with Crippen molar-refractivity contribution in [3.63, 3.8) is 0 Å². The minimum atomic E-state index is -0.361. The van der Waals surface area contributed by atoms with Crippen LogP contribution >= 0.6 is 15.9 Å². The van der Waals surface area contributed by atoms with Crippen molar-refractivity contribution in [3.05, 3.63) is 34.1 Å². The number of unbranched alkanes of at least 4 members (excludes halogenated alkanes) is 3. The molecule has 88 valence electrons. The van der Waals surface area contributed by atoms with Gasteiger partial charge in [0.25, 0.3) is 0 Å². The Labute approximate surface area is 104 Å². The van der Waals surface area contributed by atoms with Crippen molar-refractivity contribution < 1.29 is 9.18 Å². The molecule has 0 spiro atoms. The van der Waals surface area contributed by atoms with Gasteiger partial charge in [-0.1, -0.05) is 42.1 Å². The number of carbonyl (C=O) groups is 1. The van der Waals surface area contributed by atoms with Crippen LogP contribution in [0.2, 0.25) is 0 Å². The van der Waals surface area contributed by atoms with Gasteiger partial charge in [-0.25, -0.2) is 4.39 Å². The van der Waals surface area contributed by atoms with Crippen molar-refractivity contribution in [1.82, 2.24) is 0 Å². The molecular formula is C13H16BrFO. The van der Waals surface area contributed by atoms with Crippen LogP contribution < -0.4 is 0 Å². The van der Waals surface area contributed by atoms with Crippen LogP contribution in [0.4, 0.5) is 4.39 Å². The standard InChI is InChI=1S/C13H16BrFO/c1-2-3-4-5-6-13(16)11-9-10(15)7-8-12(11)14/h7-9H,2-6H2,1H3. The van der Waals surface area contributed by atoms with Gasteiger partial charge in [-0.2, -0.15) is 0 Å². The lowest BCUT2D eigenvalue weighted by atomic mass is 10.0. The first kappa shape index (κ1) is 13.4. The van der Waals surface area contributed by atoms with Crippen molar-refractivity contribution in [2.24, 2.45) is 0 Å². The number of Topliss-reactive ketones (excluding diaryl/α,β-unsaturated/α-hetero) is 1. The van der Waals surface area contributed by atoms with Crippen LogP contribution in [0.3, 0.4) is 0 Å². The van der Waals surface area contributed by atoms with E-state index in [1.165, 1.54) is 12.1 Å². The molecule has 0 aromatic heterocycles. The predicted octanol–water partition coefficient (Wildman–Crippen LogP) is 4.74. The summed E-state index contributed by atoms with van der Waals surface area (Å²) in [6.07, 6.45) is 4.75. The van der Waals surface area contributed by atoms with Gasteiger partial charge in [0.05, 0.1) is 0 Å². The number of rotatable bonds is 6. The van der Waals surface area contributed by atoms with Gasteiger partial charge in [-0.15, -0.1) is 0 Å². The predicted molar refractivity (Wildman–Crippen MR) is 67.2 cm³/mol. The number of halogens is 2. The molecule has 0 unspecified atom stereocenters. The van der Waals surface area contributed by atoms with E-state index in [1.807, 2.05) is 0 Å². The molecule has 0 heterocycles. The molecule has 3 heteroatoms. The molecule has 0 atom stereocenters. The molecule has 0 saturated heterocycles. The summed E-state index contributed by atoms with van der Waals surface area (Å²) < 4.78 is 13.7. The van der Waals surface area contributed by atoms with Crippen LogP contribution in [0.25, 0.3) is 0 Å². The Morgan fingerprint density at radius 1 is 1.31 bits per heavy atom. The molecule has 1 aromatic rings. The van der Waals surface area contributed by atoms with Crippen LogP contribution in [0.5, 0.6) is 0 Å². The van der Waals surface area contributed by atoms with Crippen LogP contribution in [-0.2, 0) is 0 Å². The Morgan fingerprint density at radius 3 is 2.75 bits per heavy atom. The number of hydrogen-bond donors (Lipinski definition) is 0. The van der Waals surface area contributed by atoms with E-state index in [9.17, 15) is 9.18 Å². The fourth-order valence-electron chi connectivity index (χ4n) is 1.56. The van der Waals surface area contributed by atoms with Gasteiger partial charge >= 0.3 is 0 Å². The molecule has 0 aliphatic rings. The summed E-state index contributed by atoms with van der Waals surface area (Å²) in [5, 5.41) is 0. The lowest BCUT2D eigenvalue weighted by molar-refractivity contribution is 0.0978. The highest BCUT2D eigenvalue weighted by Gasteiger charge is 2.10. The second-order valence-corrected chi connectivity index (χ2v) is 4.71. The topological polar surface area (TPSA) is 17.1 Å². The van der Waals surface area contributed by atoms with Crippen LogP contribution in [0, 0.1) is 5.82 Å². The highest BCUT2D eigenvalue weighted by molar-refractivity contribution is 9.10. The third-order valence-corrected chi connectivity index (χ3v) is 3.18. The van der Waals surface area contributed by atoms with Gasteiger partial charge in [-0.3, -0.25) is 4.79 Å². The molecule has 16 heavy (non-hydrogen) atoms. The SMILES string of the molecule is CCCCCCC(=O)c1cc(F)ccc1Br. The molecule has 0 saturated carbocycles. The maximum absolute atomic E-state index is 13.0. The van der Waals surface area contributed by atoms with Crippen molar-refractivity contribution in [2.75, 3.05) is 0 Å². The molecule has 0 fully saturated rings. The summed E-state index contributed by atoms with van der Waals surface area (Å²) >= 11 is 3.27. The molecule has 0 aliphatic carbocycles. The van der Waals surface area contributed by atoms with E-state index < -0.39 is 0 Å². The lowest BCUT2D eigenvalue weighted by Gasteiger charge is -2.03. The monoisotopic (exact) mass is 286 g/mol. The second kappa shape index (κ2) is 6.79. The minimum absolute atomic E-state index is 0.0162.